The molecule has 2 atom stereocenters. The van der Waals surface area contributed by atoms with Crippen LogP contribution in [0.2, 0.25) is 0 Å². The molecule has 0 unspecified atom stereocenters. The third-order valence-corrected chi connectivity index (χ3v) is 5.66. The van der Waals surface area contributed by atoms with E-state index < -0.39 is 0 Å². The summed E-state index contributed by atoms with van der Waals surface area (Å²) in [6.07, 6.45) is 0.701. The van der Waals surface area contributed by atoms with Crippen LogP contribution in [0.5, 0.6) is 17.2 Å². The summed E-state index contributed by atoms with van der Waals surface area (Å²) in [6.45, 7) is 4.06. The Morgan fingerprint density at radius 3 is 2.35 bits per heavy atom. The molecule has 0 bridgehead atoms. The van der Waals surface area contributed by atoms with Crippen molar-refractivity contribution in [1.29, 1.82) is 0 Å². The lowest BCUT2D eigenvalue weighted by Crippen LogP contribution is -2.33. The van der Waals surface area contributed by atoms with Crippen LogP contribution in [0, 0.1) is 0 Å². The van der Waals surface area contributed by atoms with Gasteiger partial charge in [0.1, 0.15) is 17.2 Å². The maximum Gasteiger partial charge on any atom is 0.213 e. The third-order valence-electron chi connectivity index (χ3n) is 5.66. The number of methoxy groups -OCH3 is 1. The van der Waals surface area contributed by atoms with Crippen LogP contribution in [-0.4, -0.2) is 23.9 Å². The van der Waals surface area contributed by atoms with Crippen LogP contribution in [0.1, 0.15) is 49.2 Å². The summed E-state index contributed by atoms with van der Waals surface area (Å²) in [5, 5.41) is 7.12. The molecule has 2 aliphatic rings. The van der Waals surface area contributed by atoms with Crippen molar-refractivity contribution in [3.63, 3.8) is 0 Å². The average molecular weight is 415 g/mol. The van der Waals surface area contributed by atoms with Gasteiger partial charge in [0.05, 0.1) is 25.0 Å². The topological polar surface area (TPSA) is 43.3 Å². The minimum Gasteiger partial charge on any atom is -0.497 e. The molecule has 0 radical (unpaired) electrons. The zero-order chi connectivity index (χ0) is 21.4. The maximum absolute atomic E-state index is 6.41. The van der Waals surface area contributed by atoms with Crippen molar-refractivity contribution in [2.75, 3.05) is 7.11 Å². The molecule has 3 aromatic carbocycles. The van der Waals surface area contributed by atoms with Gasteiger partial charge in [0.15, 0.2) is 0 Å². The van der Waals surface area contributed by atoms with Gasteiger partial charge >= 0.3 is 0 Å². The van der Waals surface area contributed by atoms with E-state index in [4.69, 9.17) is 19.3 Å². The zero-order valence-electron chi connectivity index (χ0n) is 18.0. The van der Waals surface area contributed by atoms with E-state index in [-0.39, 0.29) is 18.4 Å². The Labute approximate surface area is 182 Å². The van der Waals surface area contributed by atoms with Crippen LogP contribution in [0.25, 0.3) is 0 Å². The lowest BCUT2D eigenvalue weighted by Gasteiger charge is -2.38. The first-order chi connectivity index (χ1) is 15.1. The Balaban J connectivity index is 1.49. The predicted molar refractivity (Wildman–Crippen MR) is 121 cm³/mol. The largest absolute Gasteiger partial charge is 0.497 e. The van der Waals surface area contributed by atoms with Crippen molar-refractivity contribution in [3.8, 4) is 17.2 Å². The number of hydrogen-bond donors (Lipinski definition) is 0. The normalized spacial score (nSPS) is 19.4. The molecule has 0 aliphatic carbocycles. The molecule has 5 nitrogen and oxygen atoms in total. The fourth-order valence-electron chi connectivity index (χ4n) is 4.20. The number of nitrogens with zero attached hydrogens (tertiary/aromatic N) is 2. The fourth-order valence-corrected chi connectivity index (χ4v) is 4.20. The van der Waals surface area contributed by atoms with Gasteiger partial charge in [-0.1, -0.05) is 18.2 Å². The highest BCUT2D eigenvalue weighted by Crippen LogP contribution is 2.47. The standard InChI is InChI=1S/C26H26N2O3/c1-17(2)30-21-14-8-18(9-15-21)23-16-24-22-6-4-5-7-25(22)31-26(28(24)27-23)19-10-12-20(29-3)13-11-19/h4-15,17,24,26H,16H2,1-3H3/t24-,26+/m0/s1. The molecule has 31 heavy (non-hydrogen) atoms. The van der Waals surface area contributed by atoms with Gasteiger partial charge in [-0.3, -0.25) is 0 Å². The van der Waals surface area contributed by atoms with Gasteiger partial charge in [-0.25, -0.2) is 5.01 Å². The third kappa shape index (κ3) is 3.72. The van der Waals surface area contributed by atoms with Gasteiger partial charge in [-0.05, 0) is 74.0 Å². The number of hydrazone groups is 1. The van der Waals surface area contributed by atoms with E-state index in [1.807, 2.05) is 62.4 Å². The first-order valence-electron chi connectivity index (χ1n) is 10.6. The Morgan fingerprint density at radius 1 is 0.935 bits per heavy atom. The molecule has 0 aromatic heterocycles. The summed E-state index contributed by atoms with van der Waals surface area (Å²) in [5.74, 6) is 2.62. The molecule has 2 heterocycles. The van der Waals surface area contributed by atoms with E-state index >= 15 is 0 Å². The smallest absolute Gasteiger partial charge is 0.213 e. The molecule has 0 spiro atoms. The molecule has 5 rings (SSSR count). The molecule has 0 fully saturated rings. The number of fused-ring (bicyclic) bond motifs is 3. The van der Waals surface area contributed by atoms with E-state index in [0.29, 0.717) is 0 Å². The molecule has 0 saturated carbocycles. The van der Waals surface area contributed by atoms with Crippen LogP contribution in [0.3, 0.4) is 0 Å². The molecule has 3 aromatic rings. The molecule has 2 aliphatic heterocycles. The SMILES string of the molecule is COc1ccc([C@H]2Oc3ccccc3[C@@H]3CC(c4ccc(OC(C)C)cc4)=NN23)cc1. The van der Waals surface area contributed by atoms with Gasteiger partial charge in [0, 0.05) is 17.5 Å². The van der Waals surface area contributed by atoms with Crippen LogP contribution >= 0.6 is 0 Å². The highest BCUT2D eigenvalue weighted by Gasteiger charge is 2.40. The van der Waals surface area contributed by atoms with E-state index in [1.54, 1.807) is 7.11 Å². The minimum absolute atomic E-state index is 0.138. The summed E-state index contributed by atoms with van der Waals surface area (Å²) in [7, 11) is 1.67. The Hall–Kier alpha value is -3.47. The number of hydrogen-bond acceptors (Lipinski definition) is 5. The lowest BCUT2D eigenvalue weighted by molar-refractivity contribution is -0.0190. The molecule has 0 N–H and O–H groups in total. The van der Waals surface area contributed by atoms with Gasteiger partial charge in [0.25, 0.3) is 0 Å². The summed E-state index contributed by atoms with van der Waals surface area (Å²) < 4.78 is 17.5. The quantitative estimate of drug-likeness (QED) is 0.535. The van der Waals surface area contributed by atoms with Crippen molar-refractivity contribution in [2.24, 2.45) is 5.10 Å². The highest BCUT2D eigenvalue weighted by molar-refractivity contribution is 6.02. The minimum atomic E-state index is -0.285. The van der Waals surface area contributed by atoms with Crippen molar-refractivity contribution in [3.05, 3.63) is 89.5 Å². The van der Waals surface area contributed by atoms with Crippen LogP contribution < -0.4 is 14.2 Å². The summed E-state index contributed by atoms with van der Waals surface area (Å²) in [6, 6.07) is 24.6. The van der Waals surface area contributed by atoms with E-state index in [9.17, 15) is 0 Å². The van der Waals surface area contributed by atoms with Crippen LogP contribution in [-0.2, 0) is 0 Å². The van der Waals surface area contributed by atoms with Crippen molar-refractivity contribution < 1.29 is 14.2 Å². The second-order valence-electron chi connectivity index (χ2n) is 8.12. The molecule has 5 heteroatoms. The number of ether oxygens (including phenoxy) is 3. The maximum atomic E-state index is 6.41. The molecule has 0 saturated heterocycles. The fraction of sp³-hybridized carbons (Fsp3) is 0.269. The van der Waals surface area contributed by atoms with E-state index in [1.165, 1.54) is 5.56 Å². The number of rotatable bonds is 5. The van der Waals surface area contributed by atoms with Gasteiger partial charge in [0.2, 0.25) is 6.23 Å². The summed E-state index contributed by atoms with van der Waals surface area (Å²) in [4.78, 5) is 0. The van der Waals surface area contributed by atoms with Crippen LogP contribution in [0.15, 0.2) is 77.9 Å². The summed E-state index contributed by atoms with van der Waals surface area (Å²) in [5.41, 5.74) is 4.38. The predicted octanol–water partition coefficient (Wildman–Crippen LogP) is 5.72. The van der Waals surface area contributed by atoms with Crippen molar-refractivity contribution >= 4 is 5.71 Å². The second-order valence-corrected chi connectivity index (χ2v) is 8.12. The lowest BCUT2D eigenvalue weighted by atomic mass is 9.96. The first-order valence-corrected chi connectivity index (χ1v) is 10.6. The van der Waals surface area contributed by atoms with Gasteiger partial charge in [-0.2, -0.15) is 5.10 Å². The second kappa shape index (κ2) is 7.99. The summed E-state index contributed by atoms with van der Waals surface area (Å²) >= 11 is 0. The Bertz CT molecular complexity index is 1090. The average Bonchev–Trinajstić information content (AvgIpc) is 3.24. The van der Waals surface area contributed by atoms with Crippen molar-refractivity contribution in [1.82, 2.24) is 5.01 Å². The number of para-hydroxylation sites is 1. The number of benzene rings is 3. The Kier molecular flexibility index (Phi) is 5.02. The van der Waals surface area contributed by atoms with Gasteiger partial charge in [-0.15, -0.1) is 0 Å². The van der Waals surface area contributed by atoms with Crippen molar-refractivity contribution in [2.45, 2.75) is 38.6 Å². The zero-order valence-corrected chi connectivity index (χ0v) is 18.0. The highest BCUT2D eigenvalue weighted by atomic mass is 16.5. The molecule has 0 amide bonds. The molecular weight excluding hydrogens is 388 g/mol. The molecule has 158 valence electrons. The Morgan fingerprint density at radius 2 is 1.65 bits per heavy atom. The van der Waals surface area contributed by atoms with E-state index in [2.05, 4.69) is 29.3 Å². The van der Waals surface area contributed by atoms with Crippen LogP contribution in [0.4, 0.5) is 0 Å². The van der Waals surface area contributed by atoms with Gasteiger partial charge < -0.3 is 14.2 Å². The molecular formula is C26H26N2O3. The first kappa shape index (κ1) is 19.5. The van der Waals surface area contributed by atoms with E-state index in [0.717, 1.165) is 40.5 Å². The monoisotopic (exact) mass is 414 g/mol.